The van der Waals surface area contributed by atoms with Gasteiger partial charge in [0.15, 0.2) is 8.32 Å². The summed E-state index contributed by atoms with van der Waals surface area (Å²) in [5, 5.41) is 0.0915. The molecular weight excluding hydrogens is 347 g/mol. The first kappa shape index (κ1) is 21.1. The summed E-state index contributed by atoms with van der Waals surface area (Å²) in [5.41, 5.74) is 0.831. The fourth-order valence-corrected chi connectivity index (χ4v) is 4.82. The van der Waals surface area contributed by atoms with Crippen molar-refractivity contribution in [3.8, 4) is 0 Å². The Morgan fingerprint density at radius 3 is 2.50 bits per heavy atom. The van der Waals surface area contributed by atoms with Crippen molar-refractivity contribution in [3.63, 3.8) is 0 Å². The van der Waals surface area contributed by atoms with Crippen molar-refractivity contribution in [2.45, 2.75) is 83.5 Å². The lowest BCUT2D eigenvalue weighted by atomic mass is 9.79. The first-order chi connectivity index (χ1) is 12.1. The average molecular weight is 381 g/mol. The van der Waals surface area contributed by atoms with Gasteiger partial charge in [-0.15, -0.1) is 0 Å². The maximum Gasteiger partial charge on any atom is 0.338 e. The summed E-state index contributed by atoms with van der Waals surface area (Å²) in [6.45, 7) is 13.1. The van der Waals surface area contributed by atoms with Gasteiger partial charge in [0.2, 0.25) is 0 Å². The second-order valence-corrected chi connectivity index (χ2v) is 13.5. The second-order valence-electron chi connectivity index (χ2n) is 8.73. The monoisotopic (exact) mass is 380 g/mol. The van der Waals surface area contributed by atoms with Crippen LogP contribution in [0.1, 0.15) is 75.2 Å². The number of carbonyl (C=O) groups excluding carboxylic acids is 1. The quantitative estimate of drug-likeness (QED) is 0.461. The molecule has 1 aliphatic rings. The molecule has 2 atom stereocenters. The Labute approximate surface area is 158 Å². The number of benzene rings is 1. The van der Waals surface area contributed by atoms with Crippen molar-refractivity contribution in [1.29, 1.82) is 0 Å². The summed E-state index contributed by atoms with van der Waals surface area (Å²) in [4.78, 5) is 12.4. The molecule has 0 bridgehead atoms. The molecule has 0 heterocycles. The normalized spacial score (nSPS) is 21.5. The highest BCUT2D eigenvalue weighted by Crippen LogP contribution is 2.44. The predicted octanol–water partition coefficient (Wildman–Crippen LogP) is 6.05. The van der Waals surface area contributed by atoms with Crippen LogP contribution in [0, 0.1) is 5.82 Å². The smallest absolute Gasteiger partial charge is 0.338 e. The van der Waals surface area contributed by atoms with Crippen molar-refractivity contribution < 1.29 is 18.3 Å². The van der Waals surface area contributed by atoms with Crippen molar-refractivity contribution >= 4 is 14.3 Å². The Balaban J connectivity index is 2.40. The standard InChI is InChI=1S/C21H33FO3Si/c1-7-24-20(23)16-12-10-13-17(22)19(16)15-11-8-9-14-18(15)25-26(5,6)21(2,3)4/h10,12-13,15,18H,7-9,11,14H2,1-6H3/t15-,18-/m1/s1. The van der Waals surface area contributed by atoms with Crippen molar-refractivity contribution in [1.82, 2.24) is 0 Å². The molecule has 2 rings (SSSR count). The van der Waals surface area contributed by atoms with Crippen molar-refractivity contribution in [2.75, 3.05) is 6.61 Å². The zero-order chi connectivity index (χ0) is 19.5. The first-order valence-corrected chi connectivity index (χ1v) is 12.6. The van der Waals surface area contributed by atoms with E-state index in [4.69, 9.17) is 9.16 Å². The van der Waals surface area contributed by atoms with Gasteiger partial charge in [-0.05, 0) is 50.0 Å². The molecule has 1 aromatic carbocycles. The van der Waals surface area contributed by atoms with Gasteiger partial charge in [0, 0.05) is 11.5 Å². The van der Waals surface area contributed by atoms with E-state index in [1.807, 2.05) is 0 Å². The summed E-state index contributed by atoms with van der Waals surface area (Å²) in [5.74, 6) is -0.872. The topological polar surface area (TPSA) is 35.5 Å². The molecule has 146 valence electrons. The molecule has 0 aliphatic heterocycles. The van der Waals surface area contributed by atoms with Crippen molar-refractivity contribution in [2.24, 2.45) is 0 Å². The molecule has 0 unspecified atom stereocenters. The van der Waals surface area contributed by atoms with E-state index >= 15 is 0 Å². The molecule has 5 heteroatoms. The number of hydrogen-bond acceptors (Lipinski definition) is 3. The van der Waals surface area contributed by atoms with Crippen LogP contribution in [0.2, 0.25) is 18.1 Å². The van der Waals surface area contributed by atoms with Gasteiger partial charge < -0.3 is 9.16 Å². The zero-order valence-electron chi connectivity index (χ0n) is 17.0. The molecule has 1 saturated carbocycles. The molecule has 0 N–H and O–H groups in total. The number of carbonyl (C=O) groups is 1. The number of hydrogen-bond donors (Lipinski definition) is 0. The Kier molecular flexibility index (Phi) is 6.67. The van der Waals surface area contributed by atoms with E-state index < -0.39 is 14.3 Å². The van der Waals surface area contributed by atoms with Crippen LogP contribution in [0.15, 0.2) is 18.2 Å². The number of halogens is 1. The minimum Gasteiger partial charge on any atom is -0.462 e. The van der Waals surface area contributed by atoms with E-state index in [1.54, 1.807) is 19.1 Å². The molecule has 26 heavy (non-hydrogen) atoms. The Morgan fingerprint density at radius 2 is 1.88 bits per heavy atom. The predicted molar refractivity (Wildman–Crippen MR) is 106 cm³/mol. The maximum absolute atomic E-state index is 14.8. The van der Waals surface area contributed by atoms with Gasteiger partial charge in [-0.1, -0.05) is 39.7 Å². The summed E-state index contributed by atoms with van der Waals surface area (Å²) in [6.07, 6.45) is 3.81. The lowest BCUT2D eigenvalue weighted by Crippen LogP contribution is -2.46. The van der Waals surface area contributed by atoms with E-state index in [9.17, 15) is 9.18 Å². The summed E-state index contributed by atoms with van der Waals surface area (Å²) < 4.78 is 26.7. The van der Waals surface area contributed by atoms with Gasteiger partial charge in [0.05, 0.1) is 18.3 Å². The lowest BCUT2D eigenvalue weighted by molar-refractivity contribution is 0.0519. The molecule has 0 amide bonds. The first-order valence-electron chi connectivity index (χ1n) is 9.72. The molecule has 3 nitrogen and oxygen atoms in total. The second kappa shape index (κ2) is 8.22. The van der Waals surface area contributed by atoms with Crippen LogP contribution in [-0.2, 0) is 9.16 Å². The third-order valence-electron chi connectivity index (χ3n) is 5.87. The molecule has 1 fully saturated rings. The third-order valence-corrected chi connectivity index (χ3v) is 10.4. The Hall–Kier alpha value is -1.20. The minimum atomic E-state index is -1.98. The Morgan fingerprint density at radius 1 is 1.23 bits per heavy atom. The Bertz CT molecular complexity index is 637. The number of rotatable bonds is 5. The largest absolute Gasteiger partial charge is 0.462 e. The van der Waals surface area contributed by atoms with Gasteiger partial charge in [0.1, 0.15) is 5.82 Å². The van der Waals surface area contributed by atoms with Crippen molar-refractivity contribution in [3.05, 3.63) is 35.1 Å². The van der Waals surface area contributed by atoms with Crippen LogP contribution in [-0.4, -0.2) is 27.0 Å². The fourth-order valence-electron chi connectivity index (χ4n) is 3.42. The van der Waals surface area contributed by atoms with Crippen LogP contribution in [0.5, 0.6) is 0 Å². The van der Waals surface area contributed by atoms with Crippen LogP contribution in [0.4, 0.5) is 4.39 Å². The number of esters is 1. The molecule has 0 spiro atoms. The van der Waals surface area contributed by atoms with Gasteiger partial charge >= 0.3 is 5.97 Å². The highest BCUT2D eigenvalue weighted by molar-refractivity contribution is 6.74. The minimum absolute atomic E-state index is 0.0466. The SMILES string of the molecule is CCOC(=O)c1cccc(F)c1[C@@H]1CCCC[C@H]1O[Si](C)(C)C(C)(C)C. The van der Waals surface area contributed by atoms with Gasteiger partial charge in [-0.2, -0.15) is 0 Å². The van der Waals surface area contributed by atoms with E-state index in [2.05, 4.69) is 33.9 Å². The summed E-state index contributed by atoms with van der Waals surface area (Å²) >= 11 is 0. The highest BCUT2D eigenvalue weighted by Gasteiger charge is 2.42. The average Bonchev–Trinajstić information content (AvgIpc) is 2.54. The van der Waals surface area contributed by atoms with Crippen LogP contribution < -0.4 is 0 Å². The molecule has 1 aromatic rings. The molecule has 1 aliphatic carbocycles. The highest BCUT2D eigenvalue weighted by atomic mass is 28.4. The van der Waals surface area contributed by atoms with E-state index in [0.29, 0.717) is 11.1 Å². The van der Waals surface area contributed by atoms with Crippen LogP contribution >= 0.6 is 0 Å². The van der Waals surface area contributed by atoms with Crippen LogP contribution in [0.3, 0.4) is 0 Å². The molecule has 0 aromatic heterocycles. The zero-order valence-corrected chi connectivity index (χ0v) is 18.0. The van der Waals surface area contributed by atoms with Gasteiger partial charge in [-0.25, -0.2) is 9.18 Å². The van der Waals surface area contributed by atoms with Gasteiger partial charge in [-0.3, -0.25) is 0 Å². The third kappa shape index (κ3) is 4.55. The van der Waals surface area contributed by atoms with E-state index in [0.717, 1.165) is 25.7 Å². The summed E-state index contributed by atoms with van der Waals surface area (Å²) in [7, 11) is -1.98. The number of ether oxygens (including phenoxy) is 1. The molecular formula is C21H33FO3Si. The molecule has 0 saturated heterocycles. The lowest BCUT2D eigenvalue weighted by Gasteiger charge is -2.43. The summed E-state index contributed by atoms with van der Waals surface area (Å²) in [6, 6.07) is 4.70. The fraction of sp³-hybridized carbons (Fsp3) is 0.667. The van der Waals surface area contributed by atoms with E-state index in [-0.39, 0.29) is 29.5 Å². The molecule has 0 radical (unpaired) electrons. The van der Waals surface area contributed by atoms with Gasteiger partial charge in [0.25, 0.3) is 0 Å². The van der Waals surface area contributed by atoms with Crippen LogP contribution in [0.25, 0.3) is 0 Å². The maximum atomic E-state index is 14.8. The van der Waals surface area contributed by atoms with E-state index in [1.165, 1.54) is 6.07 Å².